The molecule has 0 heterocycles. The van der Waals surface area contributed by atoms with Crippen molar-refractivity contribution in [3.05, 3.63) is 45.0 Å². The summed E-state index contributed by atoms with van der Waals surface area (Å²) < 4.78 is 4.47. The molecule has 0 spiro atoms. The van der Waals surface area contributed by atoms with Crippen molar-refractivity contribution < 1.29 is 24.4 Å². The number of ether oxygens (including phenoxy) is 1. The van der Waals surface area contributed by atoms with Gasteiger partial charge in [0, 0.05) is 10.5 Å². The molecule has 0 radical (unpaired) electrons. The van der Waals surface area contributed by atoms with Crippen LogP contribution in [0.2, 0.25) is 0 Å². The smallest absolute Gasteiger partial charge is 0.335 e. The predicted octanol–water partition coefficient (Wildman–Crippen LogP) is 0.877. The molecule has 7 heteroatoms. The molecule has 1 N–H and O–H groups in total. The second kappa shape index (κ2) is 5.76. The monoisotopic (exact) mass is 253 g/mol. The highest BCUT2D eigenvalue weighted by Gasteiger charge is 2.15. The van der Waals surface area contributed by atoms with Gasteiger partial charge in [-0.2, -0.15) is 0 Å². The first-order chi connectivity index (χ1) is 8.43. The van der Waals surface area contributed by atoms with E-state index in [1.807, 2.05) is 0 Å². The molecule has 1 rings (SSSR count). The number of rotatable bonds is 5. The number of esters is 1. The fourth-order valence-electron chi connectivity index (χ4n) is 1.45. The van der Waals surface area contributed by atoms with E-state index < -0.39 is 23.4 Å². The Kier molecular flexibility index (Phi) is 4.36. The van der Waals surface area contributed by atoms with Gasteiger partial charge in [-0.3, -0.25) is 14.9 Å². The molecule has 0 atom stereocenters. The van der Waals surface area contributed by atoms with E-state index in [9.17, 15) is 19.7 Å². The fourth-order valence-corrected chi connectivity index (χ4v) is 1.45. The van der Waals surface area contributed by atoms with Crippen LogP contribution in [0.25, 0.3) is 0 Å². The molecule has 0 aromatic heterocycles. The molecule has 18 heavy (non-hydrogen) atoms. The van der Waals surface area contributed by atoms with Gasteiger partial charge in [0.05, 0.1) is 19.1 Å². The summed E-state index contributed by atoms with van der Waals surface area (Å²) in [7, 11) is 1.21. The van der Waals surface area contributed by atoms with E-state index in [1.165, 1.54) is 25.3 Å². The predicted molar refractivity (Wildman–Crippen MR) is 59.8 cm³/mol. The molecule has 96 valence electrons. The van der Waals surface area contributed by atoms with E-state index in [0.29, 0.717) is 5.56 Å². The van der Waals surface area contributed by atoms with Crippen LogP contribution < -0.4 is 0 Å². The van der Waals surface area contributed by atoms with Gasteiger partial charge in [-0.15, -0.1) is 0 Å². The van der Waals surface area contributed by atoms with Crippen molar-refractivity contribution in [2.24, 2.45) is 0 Å². The number of carboxylic acids is 1. The third-order valence-electron chi connectivity index (χ3n) is 2.32. The quantitative estimate of drug-likeness (QED) is 0.474. The average molecular weight is 253 g/mol. The summed E-state index contributed by atoms with van der Waals surface area (Å²) in [5, 5.41) is 19.3. The second-order valence-electron chi connectivity index (χ2n) is 3.53. The third kappa shape index (κ3) is 3.55. The molecule has 0 fully saturated rings. The molecule has 0 amide bonds. The zero-order valence-corrected chi connectivity index (χ0v) is 9.58. The van der Waals surface area contributed by atoms with Crippen molar-refractivity contribution in [1.82, 2.24) is 0 Å². The highest BCUT2D eigenvalue weighted by atomic mass is 16.6. The van der Waals surface area contributed by atoms with Gasteiger partial charge in [0.25, 0.3) is 0 Å². The Hall–Kier alpha value is -2.44. The van der Waals surface area contributed by atoms with Crippen LogP contribution in [0.3, 0.4) is 0 Å². The lowest BCUT2D eigenvalue weighted by atomic mass is 10.0. The highest BCUT2D eigenvalue weighted by molar-refractivity contribution is 5.88. The summed E-state index contributed by atoms with van der Waals surface area (Å²) >= 11 is 0. The number of methoxy groups -OCH3 is 1. The molecule has 0 aliphatic rings. The number of carbonyl (C=O) groups excluding carboxylic acids is 1. The molecule has 0 aliphatic heterocycles. The SMILES string of the molecule is COC(=O)Cc1ccc(C(=O)O)cc1C[N+](=O)[O-]. The van der Waals surface area contributed by atoms with E-state index in [0.717, 1.165) is 0 Å². The lowest BCUT2D eigenvalue weighted by Gasteiger charge is -2.06. The molecule has 1 aromatic carbocycles. The van der Waals surface area contributed by atoms with Crippen LogP contribution in [0.5, 0.6) is 0 Å². The van der Waals surface area contributed by atoms with Gasteiger partial charge in [-0.25, -0.2) is 4.79 Å². The number of nitrogens with zero attached hydrogens (tertiary/aromatic N) is 1. The topological polar surface area (TPSA) is 107 Å². The Bertz CT molecular complexity index is 496. The third-order valence-corrected chi connectivity index (χ3v) is 2.32. The first-order valence-corrected chi connectivity index (χ1v) is 4.97. The van der Waals surface area contributed by atoms with Crippen molar-refractivity contribution in [1.29, 1.82) is 0 Å². The number of benzene rings is 1. The Morgan fingerprint density at radius 3 is 2.56 bits per heavy atom. The van der Waals surface area contributed by atoms with Crippen LogP contribution in [0.15, 0.2) is 18.2 Å². The van der Waals surface area contributed by atoms with Crippen molar-refractivity contribution in [3.8, 4) is 0 Å². The van der Waals surface area contributed by atoms with E-state index in [2.05, 4.69) is 4.74 Å². The molecule has 0 saturated heterocycles. The molecule has 0 unspecified atom stereocenters. The molecule has 0 bridgehead atoms. The second-order valence-corrected chi connectivity index (χ2v) is 3.53. The first kappa shape index (κ1) is 13.6. The number of carboxylic acid groups (broad SMARTS) is 1. The standard InChI is InChI=1S/C11H11NO6/c1-18-10(13)5-7-2-3-8(11(14)15)4-9(7)6-12(16)17/h2-4H,5-6H2,1H3,(H,14,15). The van der Waals surface area contributed by atoms with Crippen LogP contribution in [0, 0.1) is 10.1 Å². The molecular weight excluding hydrogens is 242 g/mol. The van der Waals surface area contributed by atoms with E-state index in [4.69, 9.17) is 5.11 Å². The van der Waals surface area contributed by atoms with Gasteiger partial charge in [-0.05, 0) is 17.7 Å². The Labute approximate surface area is 102 Å². The largest absolute Gasteiger partial charge is 0.478 e. The van der Waals surface area contributed by atoms with Crippen LogP contribution in [0.4, 0.5) is 0 Å². The Balaban J connectivity index is 3.11. The summed E-state index contributed by atoms with van der Waals surface area (Å²) in [4.78, 5) is 31.8. The summed E-state index contributed by atoms with van der Waals surface area (Å²) in [5.41, 5.74) is 0.536. The maximum Gasteiger partial charge on any atom is 0.335 e. The summed E-state index contributed by atoms with van der Waals surface area (Å²) in [6.07, 6.45) is -0.125. The lowest BCUT2D eigenvalue weighted by molar-refractivity contribution is -0.496. The molecular formula is C11H11NO6. The van der Waals surface area contributed by atoms with Crippen LogP contribution in [0.1, 0.15) is 21.5 Å². The maximum absolute atomic E-state index is 11.1. The number of hydrogen-bond acceptors (Lipinski definition) is 5. The summed E-state index contributed by atoms with van der Waals surface area (Å²) in [6, 6.07) is 3.88. The van der Waals surface area contributed by atoms with Gasteiger partial charge in [0.15, 0.2) is 0 Å². The van der Waals surface area contributed by atoms with Crippen LogP contribution in [-0.2, 0) is 22.5 Å². The summed E-state index contributed by atoms with van der Waals surface area (Å²) in [6.45, 7) is -0.534. The van der Waals surface area contributed by atoms with E-state index >= 15 is 0 Å². The zero-order chi connectivity index (χ0) is 13.7. The molecule has 0 saturated carbocycles. The minimum Gasteiger partial charge on any atom is -0.478 e. The van der Waals surface area contributed by atoms with E-state index in [1.54, 1.807) is 0 Å². The maximum atomic E-state index is 11.1. The highest BCUT2D eigenvalue weighted by Crippen LogP contribution is 2.15. The van der Waals surface area contributed by atoms with Crippen molar-refractivity contribution >= 4 is 11.9 Å². The minimum absolute atomic E-state index is 0.0551. The van der Waals surface area contributed by atoms with Crippen LogP contribution in [-0.4, -0.2) is 29.1 Å². The van der Waals surface area contributed by atoms with Crippen molar-refractivity contribution in [2.75, 3.05) is 7.11 Å². The number of nitro groups is 1. The number of hydrogen-bond donors (Lipinski definition) is 1. The Morgan fingerprint density at radius 2 is 2.06 bits per heavy atom. The van der Waals surface area contributed by atoms with Gasteiger partial charge >= 0.3 is 11.9 Å². The van der Waals surface area contributed by atoms with Gasteiger partial charge in [0.1, 0.15) is 0 Å². The fraction of sp³-hybridized carbons (Fsp3) is 0.273. The Morgan fingerprint density at radius 1 is 1.39 bits per heavy atom. The van der Waals surface area contributed by atoms with E-state index in [-0.39, 0.29) is 17.5 Å². The van der Waals surface area contributed by atoms with Crippen molar-refractivity contribution in [3.63, 3.8) is 0 Å². The van der Waals surface area contributed by atoms with Gasteiger partial charge in [0.2, 0.25) is 6.54 Å². The minimum atomic E-state index is -1.18. The lowest BCUT2D eigenvalue weighted by Crippen LogP contribution is -2.10. The van der Waals surface area contributed by atoms with Gasteiger partial charge < -0.3 is 9.84 Å². The normalized spacial score (nSPS) is 9.83. The molecule has 0 aliphatic carbocycles. The molecule has 7 nitrogen and oxygen atoms in total. The van der Waals surface area contributed by atoms with Crippen LogP contribution >= 0.6 is 0 Å². The average Bonchev–Trinajstić information content (AvgIpc) is 2.30. The molecule has 1 aromatic rings. The van der Waals surface area contributed by atoms with Crippen molar-refractivity contribution in [2.45, 2.75) is 13.0 Å². The number of aromatic carboxylic acids is 1. The zero-order valence-electron chi connectivity index (χ0n) is 9.58. The van der Waals surface area contributed by atoms with Gasteiger partial charge in [-0.1, -0.05) is 6.07 Å². The number of carbonyl (C=O) groups is 2. The summed E-state index contributed by atoms with van der Waals surface area (Å²) in [5.74, 6) is -1.72. The first-order valence-electron chi connectivity index (χ1n) is 4.97.